The Hall–Kier alpha value is -0.600. The predicted octanol–water partition coefficient (Wildman–Crippen LogP) is 12.2. The minimum atomic E-state index is 1.21. The van der Waals surface area contributed by atoms with E-state index in [2.05, 4.69) is 36.7 Å². The summed E-state index contributed by atoms with van der Waals surface area (Å²) in [5, 5.41) is 5.90. The van der Waals surface area contributed by atoms with E-state index in [4.69, 9.17) is 0 Å². The number of unbranched alkanes of at least 4 members (excludes halogenated alkanes) is 18. The highest BCUT2D eigenvalue weighted by Crippen LogP contribution is 2.35. The van der Waals surface area contributed by atoms with Gasteiger partial charge in [0.25, 0.3) is 0 Å². The van der Waals surface area contributed by atoms with Crippen molar-refractivity contribution in [2.24, 2.45) is 0 Å². The van der Waals surface area contributed by atoms with Crippen molar-refractivity contribution in [3.05, 3.63) is 34.0 Å². The van der Waals surface area contributed by atoms with Gasteiger partial charge in [-0.3, -0.25) is 0 Å². The quantitative estimate of drug-likeness (QED) is 0.133. The monoisotopic (exact) mass is 501 g/mol. The number of rotatable bonds is 23. The average molecular weight is 502 g/mol. The van der Waals surface area contributed by atoms with E-state index in [1.165, 1.54) is 157 Å². The molecule has 0 atom stereocenters. The summed E-state index contributed by atoms with van der Waals surface area (Å²) in [4.78, 5) is 2.98. The number of hydrogen-bond donors (Lipinski definition) is 0. The molecule has 0 aromatic carbocycles. The molecular formula is C32H53S2. The van der Waals surface area contributed by atoms with Crippen LogP contribution in [0.15, 0.2) is 17.5 Å². The smallest absolute Gasteiger partial charge is 0.0484 e. The van der Waals surface area contributed by atoms with Crippen molar-refractivity contribution in [1.82, 2.24) is 0 Å². The van der Waals surface area contributed by atoms with Crippen molar-refractivity contribution < 1.29 is 0 Å². The third kappa shape index (κ3) is 13.5. The van der Waals surface area contributed by atoms with Gasteiger partial charge in [0.1, 0.15) is 0 Å². The molecule has 2 aromatic rings. The van der Waals surface area contributed by atoms with Gasteiger partial charge in [-0.05, 0) is 54.3 Å². The molecule has 1 radical (unpaired) electrons. The lowest BCUT2D eigenvalue weighted by molar-refractivity contribution is 0.556. The standard InChI is InChI=1S/C32H53S2/c1-3-5-7-9-11-13-15-17-19-21-23-29-27-31(34-28-29)32-30(25-26-33-32)24-22-20-18-16-14-12-10-8-6-4-2/h25-27H,3-24H2,1-2H3. The molecule has 193 valence electrons. The van der Waals surface area contributed by atoms with Crippen LogP contribution in [0.2, 0.25) is 0 Å². The molecule has 0 amide bonds. The third-order valence-electron chi connectivity index (χ3n) is 7.17. The molecule has 0 aliphatic carbocycles. The largest absolute Gasteiger partial charge is 0.143 e. The van der Waals surface area contributed by atoms with Crippen LogP contribution in [-0.4, -0.2) is 0 Å². The Morgan fingerprint density at radius 2 is 1.06 bits per heavy atom. The highest BCUT2D eigenvalue weighted by molar-refractivity contribution is 7.20. The molecule has 2 rings (SSSR count). The molecule has 2 heteroatoms. The van der Waals surface area contributed by atoms with Gasteiger partial charge in [-0.15, -0.1) is 22.7 Å². The van der Waals surface area contributed by atoms with E-state index in [0.29, 0.717) is 0 Å². The topological polar surface area (TPSA) is 0 Å². The van der Waals surface area contributed by atoms with Gasteiger partial charge in [0.15, 0.2) is 0 Å². The zero-order valence-corrected chi connectivity index (χ0v) is 24.2. The number of hydrogen-bond acceptors (Lipinski definition) is 2. The summed E-state index contributed by atoms with van der Waals surface area (Å²) in [7, 11) is 0. The zero-order chi connectivity index (χ0) is 24.1. The van der Waals surface area contributed by atoms with Crippen LogP contribution in [0, 0.1) is 5.38 Å². The van der Waals surface area contributed by atoms with Gasteiger partial charge in [0.2, 0.25) is 0 Å². The first-order valence-corrected chi connectivity index (χ1v) is 16.6. The maximum Gasteiger partial charge on any atom is 0.0484 e. The van der Waals surface area contributed by atoms with Crippen molar-refractivity contribution in [2.75, 3.05) is 0 Å². The van der Waals surface area contributed by atoms with Gasteiger partial charge in [-0.25, -0.2) is 0 Å². The van der Waals surface area contributed by atoms with Gasteiger partial charge in [-0.1, -0.05) is 129 Å². The Bertz CT molecular complexity index is 695. The Kier molecular flexibility index (Phi) is 17.9. The Morgan fingerprint density at radius 3 is 1.59 bits per heavy atom. The zero-order valence-electron chi connectivity index (χ0n) is 22.6. The SMILES string of the molecule is CCCCCCCCCCCCc1[c]sc(-c2sccc2CCCCCCCCCCCC)c1. The number of thiophene rings is 2. The summed E-state index contributed by atoms with van der Waals surface area (Å²) >= 11 is 3.78. The molecule has 0 fully saturated rings. The van der Waals surface area contributed by atoms with Crippen molar-refractivity contribution >= 4 is 22.7 Å². The predicted molar refractivity (Wildman–Crippen MR) is 158 cm³/mol. The van der Waals surface area contributed by atoms with Gasteiger partial charge < -0.3 is 0 Å². The highest BCUT2D eigenvalue weighted by atomic mass is 32.1. The summed E-state index contributed by atoms with van der Waals surface area (Å²) in [6, 6.07) is 4.81. The first kappa shape index (κ1) is 29.6. The summed E-state index contributed by atoms with van der Waals surface area (Å²) in [6.45, 7) is 4.60. The van der Waals surface area contributed by atoms with Crippen LogP contribution in [0.1, 0.15) is 153 Å². The van der Waals surface area contributed by atoms with Crippen molar-refractivity contribution in [1.29, 1.82) is 0 Å². The molecule has 2 heterocycles. The Balaban J connectivity index is 1.54. The molecule has 0 spiro atoms. The summed E-state index contributed by atoms with van der Waals surface area (Å²) in [6.07, 6.45) is 30.8. The van der Waals surface area contributed by atoms with Crippen LogP contribution in [0.4, 0.5) is 0 Å². The Labute approximate surface area is 221 Å². The molecule has 0 N–H and O–H groups in total. The first-order valence-electron chi connectivity index (χ1n) is 14.9. The molecule has 0 aliphatic heterocycles. The summed E-state index contributed by atoms with van der Waals surface area (Å²) in [5.41, 5.74) is 3.02. The maximum atomic E-state index is 3.61. The minimum absolute atomic E-state index is 1.21. The fourth-order valence-electron chi connectivity index (χ4n) is 4.93. The molecule has 0 saturated heterocycles. The lowest BCUT2D eigenvalue weighted by Crippen LogP contribution is -1.87. The van der Waals surface area contributed by atoms with E-state index in [9.17, 15) is 0 Å². The highest BCUT2D eigenvalue weighted by Gasteiger charge is 2.10. The molecule has 0 nitrogen and oxygen atoms in total. The van der Waals surface area contributed by atoms with Crippen LogP contribution in [0.25, 0.3) is 9.75 Å². The number of aryl methyl sites for hydroxylation is 2. The second kappa shape index (κ2) is 20.6. The van der Waals surface area contributed by atoms with Gasteiger partial charge in [0.05, 0.1) is 0 Å². The second-order valence-corrected chi connectivity index (χ2v) is 12.1. The molecule has 0 aliphatic rings. The first-order chi connectivity index (χ1) is 16.8. The second-order valence-electron chi connectivity index (χ2n) is 10.4. The molecule has 0 saturated carbocycles. The van der Waals surface area contributed by atoms with Crippen LogP contribution >= 0.6 is 22.7 Å². The fraction of sp³-hybridized carbons (Fsp3) is 0.750. The van der Waals surface area contributed by atoms with Crippen molar-refractivity contribution in [3.63, 3.8) is 0 Å². The van der Waals surface area contributed by atoms with Crippen LogP contribution in [0.5, 0.6) is 0 Å². The Morgan fingerprint density at radius 1 is 0.588 bits per heavy atom. The van der Waals surface area contributed by atoms with Crippen LogP contribution < -0.4 is 0 Å². The van der Waals surface area contributed by atoms with E-state index in [1.54, 1.807) is 5.56 Å². The van der Waals surface area contributed by atoms with Crippen LogP contribution in [-0.2, 0) is 12.8 Å². The van der Waals surface area contributed by atoms with E-state index >= 15 is 0 Å². The van der Waals surface area contributed by atoms with E-state index in [0.717, 1.165) is 0 Å². The molecular weight excluding hydrogens is 448 g/mol. The lowest BCUT2D eigenvalue weighted by Gasteiger charge is -2.04. The third-order valence-corrected chi connectivity index (χ3v) is 9.19. The molecule has 2 aromatic heterocycles. The minimum Gasteiger partial charge on any atom is -0.143 e. The summed E-state index contributed by atoms with van der Waals surface area (Å²) in [5.74, 6) is 0. The van der Waals surface area contributed by atoms with Crippen molar-refractivity contribution in [3.8, 4) is 9.75 Å². The molecule has 34 heavy (non-hydrogen) atoms. The van der Waals surface area contributed by atoms with Crippen molar-refractivity contribution in [2.45, 2.75) is 155 Å². The van der Waals surface area contributed by atoms with E-state index in [1.807, 2.05) is 22.7 Å². The summed E-state index contributed by atoms with van der Waals surface area (Å²) < 4.78 is 0. The van der Waals surface area contributed by atoms with Crippen LogP contribution in [0.3, 0.4) is 0 Å². The lowest BCUT2D eigenvalue weighted by atomic mass is 10.0. The average Bonchev–Trinajstić information content (AvgIpc) is 3.51. The molecule has 0 unspecified atom stereocenters. The maximum absolute atomic E-state index is 3.61. The molecule has 0 bridgehead atoms. The van der Waals surface area contributed by atoms with E-state index < -0.39 is 0 Å². The van der Waals surface area contributed by atoms with Gasteiger partial charge in [-0.2, -0.15) is 0 Å². The fourth-order valence-corrected chi connectivity index (χ4v) is 6.89. The van der Waals surface area contributed by atoms with Gasteiger partial charge >= 0.3 is 0 Å². The van der Waals surface area contributed by atoms with E-state index in [-0.39, 0.29) is 0 Å². The normalized spacial score (nSPS) is 11.5. The van der Waals surface area contributed by atoms with Gasteiger partial charge in [0, 0.05) is 15.1 Å².